The number of carboxylic acids is 1. The molecule has 0 aromatic heterocycles. The molecule has 0 bridgehead atoms. The van der Waals surface area contributed by atoms with Crippen LogP contribution in [0, 0.1) is 0 Å². The molecule has 0 radical (unpaired) electrons. The van der Waals surface area contributed by atoms with Crippen molar-refractivity contribution in [1.29, 1.82) is 0 Å². The second-order valence-corrected chi connectivity index (χ2v) is 3.96. The number of benzene rings is 1. The third kappa shape index (κ3) is 1.84. The van der Waals surface area contributed by atoms with Gasteiger partial charge in [-0.2, -0.15) is 10.1 Å². The van der Waals surface area contributed by atoms with Crippen LogP contribution in [0.3, 0.4) is 0 Å². The fourth-order valence-corrected chi connectivity index (χ4v) is 1.54. The Morgan fingerprint density at radius 1 is 1.28 bits per heavy atom. The Kier molecular flexibility index (Phi) is 2.81. The minimum absolute atomic E-state index is 0.174. The molecular weight excluding hydrogens is 264 g/mol. The summed E-state index contributed by atoms with van der Waals surface area (Å²) in [7, 11) is 0. The fourth-order valence-electron chi connectivity index (χ4n) is 1.41. The molecule has 0 saturated heterocycles. The second-order valence-electron chi connectivity index (χ2n) is 3.52. The average molecular weight is 271 g/mol. The highest BCUT2D eigenvalue weighted by molar-refractivity contribution is 6.46. The lowest BCUT2D eigenvalue weighted by Gasteiger charge is -2.15. The van der Waals surface area contributed by atoms with Crippen LogP contribution in [0.4, 0.5) is 5.69 Å². The zero-order valence-electron chi connectivity index (χ0n) is 8.74. The van der Waals surface area contributed by atoms with Gasteiger partial charge in [-0.05, 0) is 24.3 Å². The summed E-state index contributed by atoms with van der Waals surface area (Å²) in [4.78, 5) is 22.4. The van der Waals surface area contributed by atoms with Gasteiger partial charge in [0.1, 0.15) is 0 Å². The molecule has 1 amide bonds. The van der Waals surface area contributed by atoms with Gasteiger partial charge in [-0.1, -0.05) is 11.6 Å². The number of aliphatic hydroxyl groups is 2. The number of carbonyl (C=O) groups excluding carboxylic acids is 1. The molecule has 94 valence electrons. The Balaban J connectivity index is 2.45. The molecule has 2 rings (SSSR count). The lowest BCUT2D eigenvalue weighted by molar-refractivity contribution is -0.158. The second kappa shape index (κ2) is 4.05. The SMILES string of the molecule is O=C(O)C1=NN(c2ccc(Cl)cc2)C(=O)C1(O)O. The monoisotopic (exact) mass is 270 g/mol. The van der Waals surface area contributed by atoms with Gasteiger partial charge in [0.15, 0.2) is 0 Å². The number of amides is 1. The number of rotatable bonds is 2. The number of nitrogens with zero attached hydrogens (tertiary/aromatic N) is 2. The van der Waals surface area contributed by atoms with Crippen molar-refractivity contribution in [2.75, 3.05) is 5.01 Å². The average Bonchev–Trinajstić information content (AvgIpc) is 2.53. The Morgan fingerprint density at radius 2 is 1.83 bits per heavy atom. The van der Waals surface area contributed by atoms with Crippen molar-refractivity contribution in [1.82, 2.24) is 0 Å². The van der Waals surface area contributed by atoms with Gasteiger partial charge < -0.3 is 15.3 Å². The zero-order chi connectivity index (χ0) is 13.5. The van der Waals surface area contributed by atoms with Crippen molar-refractivity contribution in [3.05, 3.63) is 29.3 Å². The topological polar surface area (TPSA) is 110 Å². The molecule has 0 saturated carbocycles. The van der Waals surface area contributed by atoms with Gasteiger partial charge in [0.2, 0.25) is 5.71 Å². The molecular formula is C10H7ClN2O5. The highest BCUT2D eigenvalue weighted by atomic mass is 35.5. The number of anilines is 1. The number of hydrazone groups is 1. The summed E-state index contributed by atoms with van der Waals surface area (Å²) >= 11 is 5.66. The fraction of sp³-hybridized carbons (Fsp3) is 0.100. The van der Waals surface area contributed by atoms with Crippen LogP contribution < -0.4 is 5.01 Å². The molecule has 1 aliphatic heterocycles. The number of hydrogen-bond acceptors (Lipinski definition) is 5. The highest BCUT2D eigenvalue weighted by Crippen LogP contribution is 2.26. The van der Waals surface area contributed by atoms with Crippen molar-refractivity contribution < 1.29 is 24.9 Å². The van der Waals surface area contributed by atoms with Crippen LogP contribution in [-0.2, 0) is 9.59 Å². The predicted molar refractivity (Wildman–Crippen MR) is 61.2 cm³/mol. The lowest BCUT2D eigenvalue weighted by Crippen LogP contribution is -2.48. The minimum Gasteiger partial charge on any atom is -0.477 e. The van der Waals surface area contributed by atoms with E-state index in [0.29, 0.717) is 10.0 Å². The number of carboxylic acid groups (broad SMARTS) is 1. The van der Waals surface area contributed by atoms with Crippen molar-refractivity contribution in [2.45, 2.75) is 5.79 Å². The van der Waals surface area contributed by atoms with E-state index in [9.17, 15) is 19.8 Å². The summed E-state index contributed by atoms with van der Waals surface area (Å²) in [6.45, 7) is 0. The van der Waals surface area contributed by atoms with E-state index < -0.39 is 23.4 Å². The van der Waals surface area contributed by atoms with Crippen LogP contribution in [-0.4, -0.2) is 38.7 Å². The number of aliphatic carboxylic acids is 1. The predicted octanol–water partition coefficient (Wildman–Crippen LogP) is -0.192. The van der Waals surface area contributed by atoms with Gasteiger partial charge in [0.25, 0.3) is 0 Å². The Labute approximate surface area is 106 Å². The third-order valence-electron chi connectivity index (χ3n) is 2.29. The molecule has 18 heavy (non-hydrogen) atoms. The van der Waals surface area contributed by atoms with E-state index in [1.54, 1.807) is 0 Å². The van der Waals surface area contributed by atoms with Gasteiger partial charge >= 0.3 is 17.7 Å². The Hall–Kier alpha value is -1.96. The van der Waals surface area contributed by atoms with Crippen LogP contribution in [0.2, 0.25) is 5.02 Å². The van der Waals surface area contributed by atoms with E-state index >= 15 is 0 Å². The molecule has 0 aliphatic carbocycles. The number of hydrogen-bond donors (Lipinski definition) is 3. The van der Waals surface area contributed by atoms with Crippen LogP contribution in [0.1, 0.15) is 0 Å². The lowest BCUT2D eigenvalue weighted by atomic mass is 10.1. The van der Waals surface area contributed by atoms with Crippen molar-refractivity contribution >= 4 is 34.9 Å². The maximum absolute atomic E-state index is 11.6. The zero-order valence-corrected chi connectivity index (χ0v) is 9.50. The van der Waals surface area contributed by atoms with Gasteiger partial charge in [-0.25, -0.2) is 4.79 Å². The quantitative estimate of drug-likeness (QED) is 0.645. The molecule has 0 unspecified atom stereocenters. The maximum Gasteiger partial charge on any atom is 0.358 e. The summed E-state index contributed by atoms with van der Waals surface area (Å²) in [6.07, 6.45) is 0. The molecule has 0 spiro atoms. The van der Waals surface area contributed by atoms with Crippen molar-refractivity contribution in [2.24, 2.45) is 5.10 Å². The molecule has 8 heteroatoms. The van der Waals surface area contributed by atoms with Gasteiger partial charge in [0, 0.05) is 5.02 Å². The van der Waals surface area contributed by atoms with E-state index in [2.05, 4.69) is 5.10 Å². The van der Waals surface area contributed by atoms with E-state index in [4.69, 9.17) is 16.7 Å². The molecule has 7 nitrogen and oxygen atoms in total. The van der Waals surface area contributed by atoms with E-state index in [1.165, 1.54) is 24.3 Å². The highest BCUT2D eigenvalue weighted by Gasteiger charge is 2.52. The summed E-state index contributed by atoms with van der Waals surface area (Å²) in [5, 5.41) is 31.9. The summed E-state index contributed by atoms with van der Waals surface area (Å²) < 4.78 is 0. The maximum atomic E-state index is 11.6. The molecule has 0 atom stereocenters. The molecule has 0 fully saturated rings. The van der Waals surface area contributed by atoms with Gasteiger partial charge in [0.05, 0.1) is 5.69 Å². The summed E-state index contributed by atoms with van der Waals surface area (Å²) in [5.41, 5.74) is -0.879. The Morgan fingerprint density at radius 3 is 2.28 bits per heavy atom. The number of halogens is 1. The molecule has 1 aliphatic rings. The van der Waals surface area contributed by atoms with Crippen molar-refractivity contribution in [3.63, 3.8) is 0 Å². The van der Waals surface area contributed by atoms with Crippen LogP contribution >= 0.6 is 11.6 Å². The standard InChI is InChI=1S/C10H7ClN2O5/c11-5-1-3-6(4-2-5)13-9(16)10(17,18)7(12-13)8(14)15/h1-4,17-18H,(H,14,15). The first-order chi connectivity index (χ1) is 8.34. The van der Waals surface area contributed by atoms with Crippen molar-refractivity contribution in [3.8, 4) is 0 Å². The van der Waals surface area contributed by atoms with Gasteiger partial charge in [-0.15, -0.1) is 0 Å². The first kappa shape index (κ1) is 12.5. The molecule has 3 N–H and O–H groups in total. The number of carbonyl (C=O) groups is 2. The normalized spacial score (nSPS) is 17.8. The smallest absolute Gasteiger partial charge is 0.358 e. The summed E-state index contributed by atoms with van der Waals surface area (Å²) in [5.74, 6) is -6.09. The van der Waals surface area contributed by atoms with E-state index in [1.807, 2.05) is 0 Å². The first-order valence-electron chi connectivity index (χ1n) is 4.71. The van der Waals surface area contributed by atoms with E-state index in [0.717, 1.165) is 0 Å². The summed E-state index contributed by atoms with van der Waals surface area (Å²) in [6, 6.07) is 5.69. The van der Waals surface area contributed by atoms with Crippen LogP contribution in [0.25, 0.3) is 0 Å². The first-order valence-corrected chi connectivity index (χ1v) is 5.09. The molecule has 1 aromatic rings. The molecule has 1 aromatic carbocycles. The third-order valence-corrected chi connectivity index (χ3v) is 2.55. The van der Waals surface area contributed by atoms with E-state index in [-0.39, 0.29) is 5.69 Å². The Bertz CT molecular complexity index is 552. The van der Waals surface area contributed by atoms with Crippen LogP contribution in [0.5, 0.6) is 0 Å². The minimum atomic E-state index is -3.13. The van der Waals surface area contributed by atoms with Gasteiger partial charge in [-0.3, -0.25) is 4.79 Å². The largest absolute Gasteiger partial charge is 0.477 e. The van der Waals surface area contributed by atoms with Crippen LogP contribution in [0.15, 0.2) is 29.4 Å². The molecule has 1 heterocycles.